The lowest BCUT2D eigenvalue weighted by Gasteiger charge is -2.44. The zero-order valence-corrected chi connectivity index (χ0v) is 37.8. The number of alkyl carbamates (subject to hydrolysis) is 1. The van der Waals surface area contributed by atoms with Gasteiger partial charge in [-0.25, -0.2) is 4.79 Å². The molecule has 63 heavy (non-hydrogen) atoms. The molecule has 5 rings (SSSR count). The summed E-state index contributed by atoms with van der Waals surface area (Å²) in [6.45, 7) is 15.4. The Labute approximate surface area is 373 Å². The van der Waals surface area contributed by atoms with Crippen LogP contribution < -0.4 is 15.1 Å². The molecule has 1 saturated carbocycles. The smallest absolute Gasteiger partial charge is 0.407 e. The maximum Gasteiger partial charge on any atom is 0.407 e. The van der Waals surface area contributed by atoms with E-state index >= 15 is 0 Å². The van der Waals surface area contributed by atoms with E-state index in [1.165, 1.54) is 5.57 Å². The molecule has 1 aliphatic carbocycles. The van der Waals surface area contributed by atoms with Gasteiger partial charge in [0, 0.05) is 39.6 Å². The molecule has 0 bridgehead atoms. The van der Waals surface area contributed by atoms with Gasteiger partial charge in [-0.15, -0.1) is 0 Å². The van der Waals surface area contributed by atoms with Gasteiger partial charge in [-0.1, -0.05) is 36.4 Å². The molecule has 0 aromatic heterocycles. The van der Waals surface area contributed by atoms with Crippen molar-refractivity contribution in [3.63, 3.8) is 0 Å². The van der Waals surface area contributed by atoms with Crippen molar-refractivity contribution in [2.45, 2.75) is 71.8 Å². The second-order valence-electron chi connectivity index (χ2n) is 16.8. The summed E-state index contributed by atoms with van der Waals surface area (Å²) in [6, 6.07) is 14.5. The summed E-state index contributed by atoms with van der Waals surface area (Å²) >= 11 is 0. The first-order valence-corrected chi connectivity index (χ1v) is 22.4. The van der Waals surface area contributed by atoms with E-state index in [0.29, 0.717) is 118 Å². The van der Waals surface area contributed by atoms with Crippen molar-refractivity contribution in [3.05, 3.63) is 65.2 Å². The Kier molecular flexibility index (Phi) is 21.1. The highest BCUT2D eigenvalue weighted by molar-refractivity contribution is 5.98. The van der Waals surface area contributed by atoms with Crippen molar-refractivity contribution in [1.82, 2.24) is 10.2 Å². The number of carbonyl (C=O) groups excluding carboxylic acids is 3. The first-order valence-electron chi connectivity index (χ1n) is 22.4. The molecular weight excluding hydrogens is 813 g/mol. The Bertz CT molecular complexity index is 1750. The van der Waals surface area contributed by atoms with Gasteiger partial charge in [-0.05, 0) is 80.3 Å². The zero-order chi connectivity index (χ0) is 44.9. The predicted molar refractivity (Wildman–Crippen MR) is 239 cm³/mol. The second-order valence-corrected chi connectivity index (χ2v) is 16.8. The molecule has 0 unspecified atom stereocenters. The van der Waals surface area contributed by atoms with Gasteiger partial charge in [0.05, 0.1) is 110 Å². The van der Waals surface area contributed by atoms with Gasteiger partial charge >= 0.3 is 6.09 Å². The van der Waals surface area contributed by atoms with Crippen molar-refractivity contribution >= 4 is 34.9 Å². The van der Waals surface area contributed by atoms with Crippen molar-refractivity contribution in [2.75, 3.05) is 128 Å². The minimum Gasteiger partial charge on any atom is -0.444 e. The van der Waals surface area contributed by atoms with E-state index in [9.17, 15) is 19.5 Å². The minimum atomic E-state index is -0.525. The number of fused-ring (bicyclic) bond motifs is 1. The lowest BCUT2D eigenvalue weighted by Crippen LogP contribution is -2.52. The van der Waals surface area contributed by atoms with Gasteiger partial charge < -0.3 is 63.0 Å². The predicted octanol–water partition coefficient (Wildman–Crippen LogP) is 4.59. The quantitative estimate of drug-likeness (QED) is 0.114. The Morgan fingerprint density at radius 3 is 1.84 bits per heavy atom. The molecular formula is C47H70N4O12. The fraction of sp³-hybridized carbons (Fsp3) is 0.638. The number of amides is 3. The minimum absolute atomic E-state index is 0.00373. The third-order valence-corrected chi connectivity index (χ3v) is 10.8. The molecule has 16 nitrogen and oxygen atoms in total. The lowest BCUT2D eigenvalue weighted by molar-refractivity contribution is -0.136. The maximum absolute atomic E-state index is 13.0. The number of benzene rings is 2. The SMILES string of the molecule is CC(=O)N1c2ccc(C3=CCN(C(=O)COCCOCCOCCOCCOCCOCCOCCNC(=O)OC(C)(C)C)CC3)cc2N(Cc2ccccc2CO)C[C@@H]1C1CC1. The molecule has 3 aliphatic rings. The van der Waals surface area contributed by atoms with Crippen LogP contribution in [0.4, 0.5) is 16.2 Å². The highest BCUT2D eigenvalue weighted by atomic mass is 16.6. The third kappa shape index (κ3) is 17.4. The highest BCUT2D eigenvalue weighted by Crippen LogP contribution is 2.45. The molecule has 16 heteroatoms. The number of aliphatic hydroxyl groups is 1. The van der Waals surface area contributed by atoms with Crippen molar-refractivity contribution in [3.8, 4) is 0 Å². The first-order chi connectivity index (χ1) is 30.5. The number of nitrogens with zero attached hydrogens (tertiary/aromatic N) is 3. The van der Waals surface area contributed by atoms with Crippen LogP contribution in [0, 0.1) is 5.92 Å². The van der Waals surface area contributed by atoms with Gasteiger partial charge in [0.2, 0.25) is 11.8 Å². The summed E-state index contributed by atoms with van der Waals surface area (Å²) in [5, 5.41) is 12.7. The number of hydrogen-bond donors (Lipinski definition) is 2. The standard InChI is InChI=1S/C47H70N4O12/c1-36(53)51-42-12-11-39(31-43(42)50(33-44(51)38-9-10-38)32-40-7-5-6-8-41(40)34-52)37-13-16-49(17-14-37)45(54)35-62-30-29-61-28-27-60-26-25-59-24-23-58-22-21-57-20-19-56-18-15-48-46(55)63-47(2,3)4/h5-8,11-13,31,38,44,52H,9-10,14-30,32-35H2,1-4H3,(H,48,55)/t44-/m1/s1. The number of ether oxygens (including phenoxy) is 8. The second kappa shape index (κ2) is 26.6. The average molecular weight is 883 g/mol. The van der Waals surface area contributed by atoms with E-state index in [0.717, 1.165) is 53.9 Å². The van der Waals surface area contributed by atoms with E-state index in [-0.39, 0.29) is 31.1 Å². The topological polar surface area (TPSA) is 167 Å². The van der Waals surface area contributed by atoms with E-state index in [1.807, 2.05) is 48.8 Å². The van der Waals surface area contributed by atoms with Crippen LogP contribution in [0.1, 0.15) is 63.6 Å². The van der Waals surface area contributed by atoms with Gasteiger partial charge in [0.15, 0.2) is 0 Å². The van der Waals surface area contributed by atoms with Crippen LogP contribution in [0.3, 0.4) is 0 Å². The summed E-state index contributed by atoms with van der Waals surface area (Å²) in [5.74, 6) is 0.506. The van der Waals surface area contributed by atoms with Gasteiger partial charge in [-0.3, -0.25) is 9.59 Å². The molecule has 0 radical (unpaired) electrons. The van der Waals surface area contributed by atoms with Crippen molar-refractivity contribution in [1.29, 1.82) is 0 Å². The van der Waals surface area contributed by atoms with E-state index in [1.54, 1.807) is 6.92 Å². The molecule has 1 fully saturated rings. The normalized spacial score (nSPS) is 16.5. The maximum atomic E-state index is 13.0. The Morgan fingerprint density at radius 2 is 1.32 bits per heavy atom. The summed E-state index contributed by atoms with van der Waals surface area (Å²) < 4.78 is 43.8. The number of hydrogen-bond acceptors (Lipinski definition) is 13. The molecule has 2 heterocycles. The van der Waals surface area contributed by atoms with Crippen LogP contribution in [0.15, 0.2) is 48.5 Å². The first kappa shape index (κ1) is 49.9. The molecule has 0 saturated heterocycles. The van der Waals surface area contributed by atoms with Gasteiger partial charge in [0.25, 0.3) is 0 Å². The molecule has 0 spiro atoms. The summed E-state index contributed by atoms with van der Waals surface area (Å²) in [4.78, 5) is 43.7. The molecule has 350 valence electrons. The fourth-order valence-electron chi connectivity index (χ4n) is 7.50. The number of nitrogens with one attached hydrogen (secondary N) is 1. The van der Waals surface area contributed by atoms with Crippen LogP contribution in [0.2, 0.25) is 0 Å². The molecule has 1 atom stereocenters. The van der Waals surface area contributed by atoms with E-state index < -0.39 is 11.7 Å². The van der Waals surface area contributed by atoms with E-state index in [4.69, 9.17) is 37.9 Å². The monoisotopic (exact) mass is 882 g/mol. The number of aliphatic hydroxyl groups excluding tert-OH is 1. The molecule has 3 amide bonds. The molecule has 2 aliphatic heterocycles. The fourth-order valence-corrected chi connectivity index (χ4v) is 7.50. The Hall–Kier alpha value is -4.13. The summed E-state index contributed by atoms with van der Waals surface area (Å²) in [5.41, 5.74) is 5.69. The molecule has 2 aromatic rings. The number of rotatable bonds is 28. The molecule has 2 aromatic carbocycles. The van der Waals surface area contributed by atoms with Gasteiger partial charge in [-0.2, -0.15) is 0 Å². The largest absolute Gasteiger partial charge is 0.444 e. The third-order valence-electron chi connectivity index (χ3n) is 10.8. The number of anilines is 2. The molecule has 2 N–H and O–H groups in total. The summed E-state index contributed by atoms with van der Waals surface area (Å²) in [6.07, 6.45) is 4.64. The zero-order valence-electron chi connectivity index (χ0n) is 37.8. The summed E-state index contributed by atoms with van der Waals surface area (Å²) in [7, 11) is 0. The van der Waals surface area contributed by atoms with Crippen LogP contribution in [-0.2, 0) is 60.6 Å². The van der Waals surface area contributed by atoms with Crippen molar-refractivity contribution < 1.29 is 57.4 Å². The highest BCUT2D eigenvalue weighted by Gasteiger charge is 2.42. The van der Waals surface area contributed by atoms with Crippen LogP contribution in [-0.4, -0.2) is 158 Å². The van der Waals surface area contributed by atoms with Crippen molar-refractivity contribution in [2.24, 2.45) is 5.92 Å². The average Bonchev–Trinajstić information content (AvgIpc) is 4.12. The Balaban J connectivity index is 0.874. The Morgan fingerprint density at radius 1 is 0.746 bits per heavy atom. The van der Waals surface area contributed by atoms with Crippen LogP contribution >= 0.6 is 0 Å². The van der Waals surface area contributed by atoms with Gasteiger partial charge in [0.1, 0.15) is 12.2 Å². The van der Waals surface area contributed by atoms with Crippen LogP contribution in [0.25, 0.3) is 5.57 Å². The van der Waals surface area contributed by atoms with Crippen LogP contribution in [0.5, 0.6) is 0 Å². The van der Waals surface area contributed by atoms with E-state index in [2.05, 4.69) is 40.6 Å². The number of carbonyl (C=O) groups is 3. The lowest BCUT2D eigenvalue weighted by atomic mass is 9.95.